The Labute approximate surface area is 93.4 Å². The van der Waals surface area contributed by atoms with Crippen LogP contribution in [0.1, 0.15) is 10.4 Å². The highest BCUT2D eigenvalue weighted by Crippen LogP contribution is 2.29. The summed E-state index contributed by atoms with van der Waals surface area (Å²) >= 11 is 0. The zero-order valence-electron chi connectivity index (χ0n) is 9.15. The monoisotopic (exact) mass is 223 g/mol. The third-order valence-electron chi connectivity index (χ3n) is 1.98. The fourth-order valence-electron chi connectivity index (χ4n) is 1.15. The van der Waals surface area contributed by atoms with Crippen LogP contribution in [-0.4, -0.2) is 33.0 Å². The lowest BCUT2D eigenvalue weighted by atomic mass is 10.2. The second kappa shape index (κ2) is 5.75. The third-order valence-corrected chi connectivity index (χ3v) is 1.98. The van der Waals surface area contributed by atoms with Gasteiger partial charge in [0.05, 0.1) is 12.7 Å². The Balaban J connectivity index is 2.91. The van der Waals surface area contributed by atoms with Crippen LogP contribution in [0.4, 0.5) is 0 Å². The molecular formula is C11H13NO4. The van der Waals surface area contributed by atoms with Gasteiger partial charge in [-0.25, -0.2) is 0 Å². The number of ether oxygens (including phenoxy) is 2. The number of benzene rings is 1. The Morgan fingerprint density at radius 3 is 2.81 bits per heavy atom. The maximum Gasteiger partial charge on any atom is 0.257 e. The summed E-state index contributed by atoms with van der Waals surface area (Å²) in [5.74, 6) is 0.430. The largest absolute Gasteiger partial charge is 0.493 e. The number of aldehydes is 1. The molecule has 5 nitrogen and oxygen atoms in total. The minimum Gasteiger partial charge on any atom is -0.493 e. The lowest BCUT2D eigenvalue weighted by molar-refractivity contribution is -0.122. The number of carbonyl (C=O) groups excluding carboxylic acids is 2. The van der Waals surface area contributed by atoms with E-state index in [2.05, 4.69) is 5.32 Å². The highest BCUT2D eigenvalue weighted by atomic mass is 16.5. The topological polar surface area (TPSA) is 64.6 Å². The van der Waals surface area contributed by atoms with Crippen LogP contribution in [0.5, 0.6) is 11.5 Å². The molecule has 0 saturated carbocycles. The number of hydrogen-bond acceptors (Lipinski definition) is 4. The fraction of sp³-hybridized carbons (Fsp3) is 0.273. The van der Waals surface area contributed by atoms with Crippen molar-refractivity contribution in [3.63, 3.8) is 0 Å². The maximum absolute atomic E-state index is 11.0. The second-order valence-corrected chi connectivity index (χ2v) is 2.96. The van der Waals surface area contributed by atoms with Gasteiger partial charge in [-0.2, -0.15) is 0 Å². The van der Waals surface area contributed by atoms with Crippen LogP contribution in [0, 0.1) is 0 Å². The molecule has 0 aliphatic carbocycles. The smallest absolute Gasteiger partial charge is 0.257 e. The normalized spacial score (nSPS) is 9.38. The predicted molar refractivity (Wildman–Crippen MR) is 57.9 cm³/mol. The number of hydrogen-bond donors (Lipinski definition) is 1. The molecule has 0 aliphatic heterocycles. The van der Waals surface area contributed by atoms with Gasteiger partial charge in [0.1, 0.15) is 0 Å². The number of likely N-dealkylation sites (N-methyl/N-ethyl adjacent to an activating group) is 1. The highest BCUT2D eigenvalue weighted by molar-refractivity contribution is 5.82. The molecule has 16 heavy (non-hydrogen) atoms. The summed E-state index contributed by atoms with van der Waals surface area (Å²) in [7, 11) is 2.98. The summed E-state index contributed by atoms with van der Waals surface area (Å²) < 4.78 is 10.3. The Kier molecular flexibility index (Phi) is 4.32. The van der Waals surface area contributed by atoms with E-state index in [9.17, 15) is 9.59 Å². The number of nitrogens with one attached hydrogen (secondary N) is 1. The van der Waals surface area contributed by atoms with Crippen molar-refractivity contribution in [2.75, 3.05) is 20.8 Å². The molecule has 1 aromatic rings. The zero-order valence-corrected chi connectivity index (χ0v) is 9.15. The molecule has 0 aromatic heterocycles. The van der Waals surface area contributed by atoms with Gasteiger partial charge >= 0.3 is 0 Å². The van der Waals surface area contributed by atoms with E-state index in [1.165, 1.54) is 14.2 Å². The Morgan fingerprint density at radius 2 is 2.25 bits per heavy atom. The first-order valence-electron chi connectivity index (χ1n) is 4.68. The molecule has 5 heteroatoms. The van der Waals surface area contributed by atoms with Gasteiger partial charge in [-0.1, -0.05) is 6.07 Å². The molecule has 0 heterocycles. The van der Waals surface area contributed by atoms with E-state index in [1.807, 2.05) is 0 Å². The molecule has 0 spiro atoms. The van der Waals surface area contributed by atoms with Crippen LogP contribution < -0.4 is 14.8 Å². The van der Waals surface area contributed by atoms with E-state index in [0.29, 0.717) is 17.6 Å². The third kappa shape index (κ3) is 2.73. The quantitative estimate of drug-likeness (QED) is 0.744. The first-order valence-corrected chi connectivity index (χ1v) is 4.68. The molecule has 0 unspecified atom stereocenters. The standard InChI is InChI=1S/C11H13NO4/c1-12-10(14)7-16-11-8(6-13)4-3-5-9(11)15-2/h3-6H,7H2,1-2H3,(H,12,14). The van der Waals surface area contributed by atoms with Crippen LogP contribution >= 0.6 is 0 Å². The Morgan fingerprint density at radius 1 is 1.50 bits per heavy atom. The number of amides is 1. The van der Waals surface area contributed by atoms with E-state index in [0.717, 1.165) is 0 Å². The second-order valence-electron chi connectivity index (χ2n) is 2.96. The van der Waals surface area contributed by atoms with Gasteiger partial charge in [0, 0.05) is 7.05 Å². The predicted octanol–water partition coefficient (Wildman–Crippen LogP) is 0.632. The van der Waals surface area contributed by atoms with Gasteiger partial charge in [-0.15, -0.1) is 0 Å². The van der Waals surface area contributed by atoms with E-state index in [1.54, 1.807) is 18.2 Å². The van der Waals surface area contributed by atoms with Crippen molar-refractivity contribution < 1.29 is 19.1 Å². The van der Waals surface area contributed by atoms with Crippen LogP contribution in [0.25, 0.3) is 0 Å². The number of methoxy groups -OCH3 is 1. The van der Waals surface area contributed by atoms with Gasteiger partial charge in [-0.3, -0.25) is 9.59 Å². The molecule has 86 valence electrons. The Hall–Kier alpha value is -2.04. The van der Waals surface area contributed by atoms with Crippen molar-refractivity contribution in [3.05, 3.63) is 23.8 Å². The van der Waals surface area contributed by atoms with E-state index >= 15 is 0 Å². The molecular weight excluding hydrogens is 210 g/mol. The molecule has 1 amide bonds. The summed E-state index contributed by atoms with van der Waals surface area (Å²) in [6.45, 7) is -0.155. The van der Waals surface area contributed by atoms with Gasteiger partial charge < -0.3 is 14.8 Å². The van der Waals surface area contributed by atoms with Crippen molar-refractivity contribution in [3.8, 4) is 11.5 Å². The van der Waals surface area contributed by atoms with Crippen LogP contribution in [0.3, 0.4) is 0 Å². The first-order chi connectivity index (χ1) is 7.72. The minimum atomic E-state index is -0.275. The average molecular weight is 223 g/mol. The summed E-state index contributed by atoms with van der Waals surface area (Å²) in [5, 5.41) is 2.42. The van der Waals surface area contributed by atoms with Crippen molar-refractivity contribution in [1.82, 2.24) is 5.32 Å². The molecule has 0 bridgehead atoms. The van der Waals surface area contributed by atoms with E-state index < -0.39 is 0 Å². The molecule has 1 aromatic carbocycles. The highest BCUT2D eigenvalue weighted by Gasteiger charge is 2.11. The lowest BCUT2D eigenvalue weighted by Crippen LogP contribution is -2.25. The van der Waals surface area contributed by atoms with E-state index in [-0.39, 0.29) is 18.3 Å². The van der Waals surface area contributed by atoms with Gasteiger partial charge in [0.25, 0.3) is 5.91 Å². The number of carbonyl (C=O) groups is 2. The van der Waals surface area contributed by atoms with Crippen molar-refractivity contribution in [2.24, 2.45) is 0 Å². The molecule has 1 rings (SSSR count). The molecule has 1 N–H and O–H groups in total. The SMILES string of the molecule is CNC(=O)COc1c(C=O)cccc1OC. The number of para-hydroxylation sites is 1. The zero-order chi connectivity index (χ0) is 12.0. The maximum atomic E-state index is 11.0. The first kappa shape index (κ1) is 12.0. The molecule has 0 atom stereocenters. The Bertz CT molecular complexity index is 390. The van der Waals surface area contributed by atoms with Crippen LogP contribution in [-0.2, 0) is 4.79 Å². The van der Waals surface area contributed by atoms with Gasteiger partial charge in [0.15, 0.2) is 24.4 Å². The summed E-state index contributed by atoms with van der Waals surface area (Å²) in [4.78, 5) is 21.8. The summed E-state index contributed by atoms with van der Waals surface area (Å²) in [6.07, 6.45) is 0.654. The van der Waals surface area contributed by atoms with Gasteiger partial charge in [0.2, 0.25) is 0 Å². The molecule has 0 saturated heterocycles. The fourth-order valence-corrected chi connectivity index (χ4v) is 1.15. The van der Waals surface area contributed by atoms with Crippen molar-refractivity contribution >= 4 is 12.2 Å². The van der Waals surface area contributed by atoms with Crippen molar-refractivity contribution in [2.45, 2.75) is 0 Å². The summed E-state index contributed by atoms with van der Waals surface area (Å²) in [5.41, 5.74) is 0.350. The average Bonchev–Trinajstić information content (AvgIpc) is 2.35. The molecule has 0 aliphatic rings. The van der Waals surface area contributed by atoms with E-state index in [4.69, 9.17) is 9.47 Å². The van der Waals surface area contributed by atoms with Crippen molar-refractivity contribution in [1.29, 1.82) is 0 Å². The number of rotatable bonds is 5. The van der Waals surface area contributed by atoms with Gasteiger partial charge in [-0.05, 0) is 12.1 Å². The van der Waals surface area contributed by atoms with Crippen LogP contribution in [0.15, 0.2) is 18.2 Å². The lowest BCUT2D eigenvalue weighted by Gasteiger charge is -2.11. The molecule has 0 radical (unpaired) electrons. The summed E-state index contributed by atoms with van der Waals surface area (Å²) in [6, 6.07) is 4.93. The molecule has 0 fully saturated rings. The van der Waals surface area contributed by atoms with Crippen LogP contribution in [0.2, 0.25) is 0 Å². The minimum absolute atomic E-state index is 0.155.